The molecule has 4 aliphatic rings. The molecule has 17 heteroatoms. The zero-order valence-corrected chi connectivity index (χ0v) is 39.1. The van der Waals surface area contributed by atoms with E-state index in [1.54, 1.807) is 54.3 Å². The van der Waals surface area contributed by atoms with Crippen molar-refractivity contribution in [3.63, 3.8) is 0 Å². The monoisotopic (exact) mass is 896 g/mol. The van der Waals surface area contributed by atoms with Gasteiger partial charge in [0.2, 0.25) is 23.6 Å². The molecular weight excluding hydrogens is 837 g/mol. The first-order valence-electron chi connectivity index (χ1n) is 20.7. The minimum atomic E-state index is -1.23. The van der Waals surface area contributed by atoms with Crippen LogP contribution in [-0.4, -0.2) is 116 Å². The number of hydrogen-bond donors (Lipinski definition) is 7. The Bertz CT molecular complexity index is 1970. The number of fused-ring (bicyclic) bond motifs is 2. The average molecular weight is 897 g/mol. The van der Waals surface area contributed by atoms with Crippen LogP contribution in [0.3, 0.4) is 0 Å². The van der Waals surface area contributed by atoms with Gasteiger partial charge in [0.05, 0.1) is 27.8 Å². The van der Waals surface area contributed by atoms with Gasteiger partial charge in [-0.05, 0) is 118 Å². The van der Waals surface area contributed by atoms with E-state index >= 15 is 0 Å². The van der Waals surface area contributed by atoms with Gasteiger partial charge in [0, 0.05) is 11.4 Å². The van der Waals surface area contributed by atoms with E-state index in [-0.39, 0.29) is 46.3 Å². The number of nitrogens with zero attached hydrogens (tertiary/aromatic N) is 2. The van der Waals surface area contributed by atoms with Crippen LogP contribution < -0.4 is 31.9 Å². The molecule has 0 bridgehead atoms. The average Bonchev–Trinajstić information content (AvgIpc) is 3.53. The molecule has 0 saturated carbocycles. The molecule has 0 spiro atoms. The first kappa shape index (κ1) is 46.2. The fourth-order valence-electron chi connectivity index (χ4n) is 8.64. The number of likely N-dealkylation sites (N-methyl/N-ethyl adjacent to an activating group) is 2. The third-order valence-electron chi connectivity index (χ3n) is 12.3. The lowest BCUT2D eigenvalue weighted by molar-refractivity contribution is -0.142. The number of anilines is 2. The van der Waals surface area contributed by atoms with E-state index in [2.05, 4.69) is 31.9 Å². The van der Waals surface area contributed by atoms with Gasteiger partial charge in [0.1, 0.15) is 18.1 Å². The highest BCUT2D eigenvalue weighted by atomic mass is 32.2. The molecule has 5 amide bonds. The fourth-order valence-corrected chi connectivity index (χ4v) is 12.7. The van der Waals surface area contributed by atoms with E-state index in [1.165, 1.54) is 0 Å². The molecule has 0 aromatic heterocycles. The number of hydrogen-bond acceptors (Lipinski definition) is 11. The summed E-state index contributed by atoms with van der Waals surface area (Å²) < 4.78 is 0. The van der Waals surface area contributed by atoms with Crippen LogP contribution in [0.2, 0.25) is 0 Å². The van der Waals surface area contributed by atoms with Crippen molar-refractivity contribution >= 4 is 94.3 Å². The van der Waals surface area contributed by atoms with Crippen LogP contribution >= 0.6 is 48.4 Å². The standard InChI is InChI=1S/C43H60N8O5S4/c1-24(44-7)35(52)48-30-17-19-59-31-22-41(3,4)33(50(31)39(30)55)36(53)46-28-13-9-26(10-14-28)21-27-11-15-29(16-12-27)47-37(54)34-42(5,6)23-32-51(34)40(56)43(58,18-20-60-32)49-38(57)25(2)45-8/h9-16,24-25,30-34,44-45,58H,17-23H2,1-8H3,(H,46,53)(H,47,54)(H,48,52)(H,49,57)/t24-,25-,30-,31-,32-,33+,34+,43-/m0/s1. The van der Waals surface area contributed by atoms with Crippen molar-refractivity contribution in [3.8, 4) is 0 Å². The number of amides is 5. The van der Waals surface area contributed by atoms with Crippen molar-refractivity contribution in [2.24, 2.45) is 10.8 Å². The number of rotatable bonds is 12. The maximum Gasteiger partial charge on any atom is 0.260 e. The molecule has 60 heavy (non-hydrogen) atoms. The summed E-state index contributed by atoms with van der Waals surface area (Å²) in [4.78, 5) is 71.5. The summed E-state index contributed by atoms with van der Waals surface area (Å²) in [6.45, 7) is 11.8. The first-order valence-corrected chi connectivity index (χ1v) is 23.6. The highest BCUT2D eigenvalue weighted by Crippen LogP contribution is 2.49. The normalized spacial score (nSPS) is 28.1. The van der Waals surface area contributed by atoms with Crippen molar-refractivity contribution in [1.29, 1.82) is 0 Å². The SMILES string of the molecule is CN[C@@H](C)C(=O)N[C@H]1CCS[C@H]2CC(C)(C)[C@@H](C(=O)Nc3ccc(Cc4ccc(NC(=O)[C@H]5N6C(=O)[C@](S)(NC(=S)[C@H](C)NC)CCS[C@H]6CC5(C)C)cc4)cc3)N2C1=O. The van der Waals surface area contributed by atoms with E-state index in [1.807, 2.05) is 83.1 Å². The molecule has 13 nitrogen and oxygen atoms in total. The number of nitrogens with one attached hydrogen (secondary N) is 6. The van der Waals surface area contributed by atoms with Crippen molar-refractivity contribution in [3.05, 3.63) is 59.7 Å². The van der Waals surface area contributed by atoms with Gasteiger partial charge in [-0.1, -0.05) is 64.2 Å². The number of carbonyl (C=O) groups is 5. The maximum atomic E-state index is 14.2. The summed E-state index contributed by atoms with van der Waals surface area (Å²) in [5.74, 6) is 0.205. The predicted octanol–water partition coefficient (Wildman–Crippen LogP) is 4.58. The molecule has 4 heterocycles. The van der Waals surface area contributed by atoms with E-state index in [0.29, 0.717) is 60.0 Å². The minimum Gasteiger partial charge on any atom is -0.356 e. The van der Waals surface area contributed by atoms with Gasteiger partial charge in [-0.15, -0.1) is 36.2 Å². The lowest BCUT2D eigenvalue weighted by Crippen LogP contribution is -2.61. The smallest absolute Gasteiger partial charge is 0.260 e. The van der Waals surface area contributed by atoms with Crippen LogP contribution in [0.4, 0.5) is 11.4 Å². The topological polar surface area (TPSA) is 164 Å². The summed E-state index contributed by atoms with van der Waals surface area (Å²) in [5, 5.41) is 18.0. The molecule has 326 valence electrons. The van der Waals surface area contributed by atoms with Gasteiger partial charge in [-0.25, -0.2) is 0 Å². The molecule has 4 aliphatic heterocycles. The van der Waals surface area contributed by atoms with Gasteiger partial charge in [0.15, 0.2) is 4.87 Å². The van der Waals surface area contributed by atoms with Crippen LogP contribution in [-0.2, 0) is 30.4 Å². The van der Waals surface area contributed by atoms with Crippen molar-refractivity contribution in [2.75, 3.05) is 36.2 Å². The Hall–Kier alpha value is -3.35. The van der Waals surface area contributed by atoms with Gasteiger partial charge < -0.3 is 41.7 Å². The lowest BCUT2D eigenvalue weighted by atomic mass is 9.84. The number of thiol groups is 1. The second kappa shape index (κ2) is 18.6. The summed E-state index contributed by atoms with van der Waals surface area (Å²) in [6.07, 6.45) is 2.96. The maximum absolute atomic E-state index is 14.2. The Kier molecular flexibility index (Phi) is 14.3. The Morgan fingerprint density at radius 1 is 0.783 bits per heavy atom. The summed E-state index contributed by atoms with van der Waals surface area (Å²) in [7, 11) is 3.51. The Morgan fingerprint density at radius 2 is 1.27 bits per heavy atom. The van der Waals surface area contributed by atoms with E-state index < -0.39 is 39.9 Å². The second-order valence-corrected chi connectivity index (χ2v) is 21.6. The highest BCUT2D eigenvalue weighted by molar-refractivity contribution is 8.00. The Balaban J connectivity index is 1.08. The van der Waals surface area contributed by atoms with E-state index in [9.17, 15) is 24.0 Å². The molecule has 0 unspecified atom stereocenters. The molecule has 6 N–H and O–H groups in total. The highest BCUT2D eigenvalue weighted by Gasteiger charge is 2.58. The molecule has 2 aromatic carbocycles. The zero-order chi connectivity index (χ0) is 43.7. The van der Waals surface area contributed by atoms with Crippen molar-refractivity contribution in [1.82, 2.24) is 31.1 Å². The molecule has 0 aliphatic carbocycles. The van der Waals surface area contributed by atoms with Crippen molar-refractivity contribution in [2.45, 2.75) is 119 Å². The van der Waals surface area contributed by atoms with Gasteiger partial charge in [-0.3, -0.25) is 24.0 Å². The minimum absolute atomic E-state index is 0.145. The molecule has 4 fully saturated rings. The fraction of sp³-hybridized carbons (Fsp3) is 0.581. The lowest BCUT2D eigenvalue weighted by Gasteiger charge is -2.38. The molecule has 4 saturated heterocycles. The Morgan fingerprint density at radius 3 is 1.78 bits per heavy atom. The molecular formula is C43H60N8O5S4. The zero-order valence-electron chi connectivity index (χ0n) is 35.7. The third-order valence-corrected chi connectivity index (χ3v) is 15.8. The largest absolute Gasteiger partial charge is 0.356 e. The number of thiocarbonyl (C=S) groups is 1. The van der Waals surface area contributed by atoms with Crippen LogP contribution in [0.1, 0.15) is 78.4 Å². The number of carbonyl (C=O) groups excluding carboxylic acids is 5. The second-order valence-electron chi connectivity index (χ2n) is 17.8. The summed E-state index contributed by atoms with van der Waals surface area (Å²) in [6, 6.07) is 12.7. The third kappa shape index (κ3) is 9.81. The van der Waals surface area contributed by atoms with E-state index in [4.69, 9.17) is 24.8 Å². The van der Waals surface area contributed by atoms with Gasteiger partial charge in [-0.2, -0.15) is 0 Å². The number of thioether (sulfide) groups is 2. The molecule has 2 aromatic rings. The molecule has 8 atom stereocenters. The summed E-state index contributed by atoms with van der Waals surface area (Å²) >= 11 is 13.8. The molecule has 6 rings (SSSR count). The van der Waals surface area contributed by atoms with E-state index in [0.717, 1.165) is 11.1 Å². The number of benzene rings is 2. The van der Waals surface area contributed by atoms with Crippen LogP contribution in [0.15, 0.2) is 48.5 Å². The van der Waals surface area contributed by atoms with Crippen LogP contribution in [0.25, 0.3) is 0 Å². The van der Waals surface area contributed by atoms with Gasteiger partial charge >= 0.3 is 0 Å². The molecule has 0 radical (unpaired) electrons. The predicted molar refractivity (Wildman–Crippen MR) is 249 cm³/mol. The summed E-state index contributed by atoms with van der Waals surface area (Å²) in [5.41, 5.74) is 2.38. The Labute approximate surface area is 373 Å². The van der Waals surface area contributed by atoms with Crippen LogP contribution in [0, 0.1) is 10.8 Å². The van der Waals surface area contributed by atoms with Crippen molar-refractivity contribution < 1.29 is 24.0 Å². The quantitative estimate of drug-likeness (QED) is 0.0908. The van der Waals surface area contributed by atoms with Gasteiger partial charge in [0.25, 0.3) is 5.91 Å². The first-order chi connectivity index (χ1) is 28.3. The van der Waals surface area contributed by atoms with Crippen LogP contribution in [0.5, 0.6) is 0 Å².